The summed E-state index contributed by atoms with van der Waals surface area (Å²) in [7, 11) is -1.96. The molecule has 1 atom stereocenters. The predicted molar refractivity (Wildman–Crippen MR) is 93.2 cm³/mol. The van der Waals surface area contributed by atoms with E-state index in [0.717, 1.165) is 18.4 Å². The van der Waals surface area contributed by atoms with Crippen LogP contribution in [0.4, 0.5) is 5.69 Å². The van der Waals surface area contributed by atoms with Crippen molar-refractivity contribution >= 4 is 21.6 Å². The largest absolute Gasteiger partial charge is 0.326 e. The lowest BCUT2D eigenvalue weighted by atomic mass is 10.1. The van der Waals surface area contributed by atoms with E-state index in [-0.39, 0.29) is 16.8 Å². The zero-order chi connectivity index (χ0) is 17.3. The molecule has 0 heterocycles. The highest BCUT2D eigenvalue weighted by Gasteiger charge is 2.33. The van der Waals surface area contributed by atoms with Gasteiger partial charge >= 0.3 is 0 Å². The summed E-state index contributed by atoms with van der Waals surface area (Å²) in [6, 6.07) is 14.1. The number of anilines is 1. The van der Waals surface area contributed by atoms with Gasteiger partial charge in [-0.2, -0.15) is 4.31 Å². The van der Waals surface area contributed by atoms with Crippen LogP contribution in [0.15, 0.2) is 53.4 Å². The maximum atomic E-state index is 12.9. The Morgan fingerprint density at radius 1 is 1.12 bits per heavy atom. The molecule has 1 unspecified atom stereocenters. The van der Waals surface area contributed by atoms with Gasteiger partial charge in [-0.1, -0.05) is 24.3 Å². The highest BCUT2D eigenvalue weighted by molar-refractivity contribution is 7.89. The molecule has 2 aromatic rings. The van der Waals surface area contributed by atoms with E-state index in [9.17, 15) is 13.2 Å². The molecule has 6 heteroatoms. The van der Waals surface area contributed by atoms with Crippen LogP contribution >= 0.6 is 0 Å². The lowest BCUT2D eigenvalue weighted by molar-refractivity contribution is -0.114. The lowest BCUT2D eigenvalue weighted by Crippen LogP contribution is -2.30. The highest BCUT2D eigenvalue weighted by Crippen LogP contribution is 2.37. The third-order valence-electron chi connectivity index (χ3n) is 4.39. The number of hydrogen-bond donors (Lipinski definition) is 1. The van der Waals surface area contributed by atoms with Crippen molar-refractivity contribution in [2.24, 2.45) is 0 Å². The standard InChI is InChI=1S/C18H20N2O3S/c1-13(21)19-15-8-10-16(11-9-15)24(22,23)20(2)18-12-7-14-5-3-4-6-17(14)18/h3-6,8-11,18H,7,12H2,1-2H3,(H,19,21). The number of rotatable bonds is 4. The number of carbonyl (C=O) groups is 1. The van der Waals surface area contributed by atoms with E-state index in [4.69, 9.17) is 0 Å². The lowest BCUT2D eigenvalue weighted by Gasteiger charge is -2.25. The molecule has 0 saturated carbocycles. The highest BCUT2D eigenvalue weighted by atomic mass is 32.2. The van der Waals surface area contributed by atoms with Crippen LogP contribution in [0.2, 0.25) is 0 Å². The molecule has 1 N–H and O–H groups in total. The van der Waals surface area contributed by atoms with Gasteiger partial charge in [0.15, 0.2) is 0 Å². The van der Waals surface area contributed by atoms with E-state index in [2.05, 4.69) is 11.4 Å². The Labute approximate surface area is 142 Å². The van der Waals surface area contributed by atoms with Crippen molar-refractivity contribution in [3.63, 3.8) is 0 Å². The fourth-order valence-electron chi connectivity index (χ4n) is 3.16. The zero-order valence-electron chi connectivity index (χ0n) is 13.7. The van der Waals surface area contributed by atoms with Crippen LogP contribution < -0.4 is 5.32 Å². The number of nitrogens with zero attached hydrogens (tertiary/aromatic N) is 1. The summed E-state index contributed by atoms with van der Waals surface area (Å²) in [6.45, 7) is 1.41. The summed E-state index contributed by atoms with van der Waals surface area (Å²) in [6.07, 6.45) is 1.68. The fourth-order valence-corrected chi connectivity index (χ4v) is 4.53. The molecule has 0 radical (unpaired) electrons. The van der Waals surface area contributed by atoms with Crippen molar-refractivity contribution in [3.05, 3.63) is 59.7 Å². The van der Waals surface area contributed by atoms with Crippen LogP contribution in [0.25, 0.3) is 0 Å². The summed E-state index contributed by atoms with van der Waals surface area (Å²) < 4.78 is 27.3. The minimum Gasteiger partial charge on any atom is -0.326 e. The van der Waals surface area contributed by atoms with Gasteiger partial charge in [0.1, 0.15) is 0 Å². The minimum absolute atomic E-state index is 0.138. The molecule has 1 aliphatic rings. The third kappa shape index (κ3) is 3.07. The molecule has 0 fully saturated rings. The number of amides is 1. The Bertz CT molecular complexity index is 860. The van der Waals surface area contributed by atoms with E-state index >= 15 is 0 Å². The topological polar surface area (TPSA) is 66.5 Å². The quantitative estimate of drug-likeness (QED) is 0.927. The second-order valence-electron chi connectivity index (χ2n) is 5.98. The molecular weight excluding hydrogens is 324 g/mol. The monoisotopic (exact) mass is 344 g/mol. The van der Waals surface area contributed by atoms with Crippen molar-refractivity contribution in [3.8, 4) is 0 Å². The summed E-state index contributed by atoms with van der Waals surface area (Å²) in [5, 5.41) is 2.63. The van der Waals surface area contributed by atoms with Gasteiger partial charge < -0.3 is 5.32 Å². The van der Waals surface area contributed by atoms with Crippen molar-refractivity contribution in [2.75, 3.05) is 12.4 Å². The van der Waals surface area contributed by atoms with Crippen LogP contribution in [0.3, 0.4) is 0 Å². The van der Waals surface area contributed by atoms with E-state index in [1.165, 1.54) is 28.9 Å². The van der Waals surface area contributed by atoms with Gasteiger partial charge in [0, 0.05) is 19.7 Å². The Kier molecular flexibility index (Phi) is 4.43. The van der Waals surface area contributed by atoms with E-state index < -0.39 is 10.0 Å². The zero-order valence-corrected chi connectivity index (χ0v) is 14.5. The number of nitrogens with one attached hydrogen (secondary N) is 1. The third-order valence-corrected chi connectivity index (χ3v) is 6.27. The Hall–Kier alpha value is -2.18. The maximum absolute atomic E-state index is 12.9. The molecule has 0 aromatic heterocycles. The molecule has 0 aliphatic heterocycles. The van der Waals surface area contributed by atoms with Gasteiger partial charge in [-0.3, -0.25) is 4.79 Å². The van der Waals surface area contributed by atoms with Gasteiger partial charge in [-0.25, -0.2) is 8.42 Å². The summed E-state index contributed by atoms with van der Waals surface area (Å²) in [5.41, 5.74) is 2.87. The summed E-state index contributed by atoms with van der Waals surface area (Å²) >= 11 is 0. The summed E-state index contributed by atoms with van der Waals surface area (Å²) in [4.78, 5) is 11.3. The summed E-state index contributed by atoms with van der Waals surface area (Å²) in [5.74, 6) is -0.190. The SMILES string of the molecule is CC(=O)Nc1ccc(S(=O)(=O)N(C)C2CCc3ccccc32)cc1. The van der Waals surface area contributed by atoms with Gasteiger partial charge in [0.05, 0.1) is 10.9 Å². The number of fused-ring (bicyclic) bond motifs is 1. The average Bonchev–Trinajstić information content (AvgIpc) is 2.98. The first-order chi connectivity index (χ1) is 11.4. The van der Waals surface area contributed by atoms with Crippen LogP contribution in [0.5, 0.6) is 0 Å². The number of sulfonamides is 1. The molecule has 0 bridgehead atoms. The second-order valence-corrected chi connectivity index (χ2v) is 7.98. The van der Waals surface area contributed by atoms with Crippen LogP contribution in [-0.4, -0.2) is 25.7 Å². The van der Waals surface area contributed by atoms with Crippen molar-refractivity contribution in [1.29, 1.82) is 0 Å². The first-order valence-electron chi connectivity index (χ1n) is 7.83. The molecule has 5 nitrogen and oxygen atoms in total. The Morgan fingerprint density at radius 2 is 1.79 bits per heavy atom. The molecule has 3 rings (SSSR count). The molecular formula is C18H20N2O3S. The van der Waals surface area contributed by atoms with Crippen LogP contribution in [-0.2, 0) is 21.2 Å². The van der Waals surface area contributed by atoms with Crippen LogP contribution in [0, 0.1) is 0 Å². The molecule has 2 aromatic carbocycles. The predicted octanol–water partition coefficient (Wildman–Crippen LogP) is 2.95. The Balaban J connectivity index is 1.86. The van der Waals surface area contributed by atoms with E-state index in [1.54, 1.807) is 19.2 Å². The fraction of sp³-hybridized carbons (Fsp3) is 0.278. The smallest absolute Gasteiger partial charge is 0.243 e. The molecule has 1 amide bonds. The van der Waals surface area contributed by atoms with Crippen molar-refractivity contribution in [1.82, 2.24) is 4.31 Å². The average molecular weight is 344 g/mol. The van der Waals surface area contributed by atoms with E-state index in [0.29, 0.717) is 5.69 Å². The van der Waals surface area contributed by atoms with Crippen molar-refractivity contribution < 1.29 is 13.2 Å². The minimum atomic E-state index is -3.59. The first kappa shape index (κ1) is 16.7. The Morgan fingerprint density at radius 3 is 2.46 bits per heavy atom. The molecule has 0 saturated heterocycles. The number of hydrogen-bond acceptors (Lipinski definition) is 3. The van der Waals surface area contributed by atoms with Crippen molar-refractivity contribution in [2.45, 2.75) is 30.7 Å². The molecule has 1 aliphatic carbocycles. The van der Waals surface area contributed by atoms with E-state index in [1.807, 2.05) is 18.2 Å². The van der Waals surface area contributed by atoms with Gasteiger partial charge in [0.25, 0.3) is 0 Å². The number of aryl methyl sites for hydroxylation is 1. The molecule has 24 heavy (non-hydrogen) atoms. The second kappa shape index (κ2) is 6.37. The van der Waals surface area contributed by atoms with Gasteiger partial charge in [0.2, 0.25) is 15.9 Å². The molecule has 126 valence electrons. The number of benzene rings is 2. The van der Waals surface area contributed by atoms with Crippen LogP contribution in [0.1, 0.15) is 30.5 Å². The number of carbonyl (C=O) groups excluding carboxylic acids is 1. The van der Waals surface area contributed by atoms with Gasteiger partial charge in [-0.15, -0.1) is 0 Å². The van der Waals surface area contributed by atoms with Gasteiger partial charge in [-0.05, 0) is 48.2 Å². The maximum Gasteiger partial charge on any atom is 0.243 e. The molecule has 0 spiro atoms. The first-order valence-corrected chi connectivity index (χ1v) is 9.27. The normalized spacial score (nSPS) is 16.9.